The third kappa shape index (κ3) is 3.98. The van der Waals surface area contributed by atoms with Crippen LogP contribution in [0.3, 0.4) is 0 Å². The van der Waals surface area contributed by atoms with Gasteiger partial charge in [-0.3, -0.25) is 14.5 Å². The van der Waals surface area contributed by atoms with Crippen LogP contribution in [0.15, 0.2) is 0 Å². The molecule has 0 aromatic rings. The van der Waals surface area contributed by atoms with E-state index in [-0.39, 0.29) is 17.9 Å². The minimum atomic E-state index is -0.236. The normalized spacial score (nSPS) is 21.0. The molecule has 6 heteroatoms. The van der Waals surface area contributed by atoms with Crippen LogP contribution >= 0.6 is 0 Å². The third-order valence-electron chi connectivity index (χ3n) is 2.91. The number of methoxy groups -OCH3 is 1. The summed E-state index contributed by atoms with van der Waals surface area (Å²) < 4.78 is 4.61. The zero-order valence-corrected chi connectivity index (χ0v) is 10.7. The average Bonchev–Trinajstić information content (AvgIpc) is 2.35. The molecule has 1 saturated heterocycles. The van der Waals surface area contributed by atoms with Gasteiger partial charge in [0.2, 0.25) is 5.91 Å². The summed E-state index contributed by atoms with van der Waals surface area (Å²) >= 11 is 0. The first-order valence-electron chi connectivity index (χ1n) is 5.79. The van der Waals surface area contributed by atoms with Crippen molar-refractivity contribution in [2.45, 2.75) is 12.5 Å². The maximum absolute atomic E-state index is 12.0. The summed E-state index contributed by atoms with van der Waals surface area (Å²) in [7, 11) is 4.87. The van der Waals surface area contributed by atoms with E-state index in [1.807, 2.05) is 4.90 Å². The third-order valence-corrected chi connectivity index (χ3v) is 2.91. The quantitative estimate of drug-likeness (QED) is 0.636. The lowest BCUT2D eigenvalue weighted by molar-refractivity contribution is -0.142. The molecular weight excluding hydrogens is 222 g/mol. The zero-order chi connectivity index (χ0) is 12.8. The predicted molar refractivity (Wildman–Crippen MR) is 63.6 cm³/mol. The molecule has 0 radical (unpaired) electrons. The maximum atomic E-state index is 12.0. The Morgan fingerprint density at radius 2 is 2.18 bits per heavy atom. The summed E-state index contributed by atoms with van der Waals surface area (Å²) in [6.45, 7) is 2.83. The van der Waals surface area contributed by atoms with Crippen molar-refractivity contribution in [3.8, 4) is 0 Å². The van der Waals surface area contributed by atoms with Gasteiger partial charge in [-0.05, 0) is 0 Å². The first-order chi connectivity index (χ1) is 8.06. The van der Waals surface area contributed by atoms with E-state index >= 15 is 0 Å². The largest absolute Gasteiger partial charge is 0.469 e. The minimum Gasteiger partial charge on any atom is -0.469 e. The van der Waals surface area contributed by atoms with Crippen LogP contribution < -0.4 is 5.32 Å². The Balaban J connectivity index is 2.53. The SMILES string of the molecule is COC(=O)CCN1CCNCC1C(=O)N(C)C. The standard InChI is InChI=1S/C11H21N3O3/c1-13(2)11(16)9-8-12-5-7-14(9)6-4-10(15)17-3/h9,12H,4-8H2,1-3H3. The number of nitrogens with one attached hydrogen (secondary N) is 1. The van der Waals surface area contributed by atoms with Crippen molar-refractivity contribution < 1.29 is 14.3 Å². The molecule has 6 nitrogen and oxygen atoms in total. The molecule has 0 spiro atoms. The van der Waals surface area contributed by atoms with Gasteiger partial charge in [-0.2, -0.15) is 0 Å². The van der Waals surface area contributed by atoms with Crippen molar-refractivity contribution in [3.63, 3.8) is 0 Å². The molecule has 1 aliphatic heterocycles. The van der Waals surface area contributed by atoms with Crippen LogP contribution in [0.4, 0.5) is 0 Å². The van der Waals surface area contributed by atoms with Crippen LogP contribution in [-0.2, 0) is 14.3 Å². The summed E-state index contributed by atoms with van der Waals surface area (Å²) in [6.07, 6.45) is 0.327. The number of ether oxygens (including phenoxy) is 1. The Morgan fingerprint density at radius 1 is 1.47 bits per heavy atom. The number of rotatable bonds is 4. The highest BCUT2D eigenvalue weighted by Gasteiger charge is 2.29. The fraction of sp³-hybridized carbons (Fsp3) is 0.818. The number of esters is 1. The van der Waals surface area contributed by atoms with E-state index in [0.29, 0.717) is 19.5 Å². The topological polar surface area (TPSA) is 61.9 Å². The highest BCUT2D eigenvalue weighted by atomic mass is 16.5. The van der Waals surface area contributed by atoms with Crippen molar-refractivity contribution in [2.75, 3.05) is 47.4 Å². The highest BCUT2D eigenvalue weighted by Crippen LogP contribution is 2.07. The molecule has 98 valence electrons. The summed E-state index contributed by atoms with van der Waals surface area (Å²) in [6, 6.07) is -0.177. The van der Waals surface area contributed by atoms with Crippen LogP contribution in [0.2, 0.25) is 0 Å². The number of likely N-dealkylation sites (N-methyl/N-ethyl adjacent to an activating group) is 1. The highest BCUT2D eigenvalue weighted by molar-refractivity contribution is 5.82. The van der Waals surface area contributed by atoms with Crippen LogP contribution in [0.5, 0.6) is 0 Å². The van der Waals surface area contributed by atoms with E-state index in [1.54, 1.807) is 19.0 Å². The van der Waals surface area contributed by atoms with Gasteiger partial charge in [-0.15, -0.1) is 0 Å². The number of carbonyl (C=O) groups is 2. The van der Waals surface area contributed by atoms with Crippen molar-refractivity contribution in [1.29, 1.82) is 0 Å². The lowest BCUT2D eigenvalue weighted by Crippen LogP contribution is -2.57. The monoisotopic (exact) mass is 243 g/mol. The van der Waals surface area contributed by atoms with Gasteiger partial charge in [0.25, 0.3) is 0 Å². The molecule has 1 N–H and O–H groups in total. The Labute approximate surface area is 102 Å². The second kappa shape index (κ2) is 6.56. The van der Waals surface area contributed by atoms with Gasteiger partial charge in [-0.1, -0.05) is 0 Å². The number of piperazine rings is 1. The molecule has 1 aliphatic rings. The summed E-state index contributed by atoms with van der Waals surface area (Å²) in [4.78, 5) is 26.7. The van der Waals surface area contributed by atoms with E-state index in [2.05, 4.69) is 10.1 Å². The number of hydrogen-bond acceptors (Lipinski definition) is 5. The Morgan fingerprint density at radius 3 is 2.76 bits per heavy atom. The van der Waals surface area contributed by atoms with Crippen molar-refractivity contribution in [3.05, 3.63) is 0 Å². The summed E-state index contributed by atoms with van der Waals surface area (Å²) in [5.74, 6) is -0.165. The molecule has 1 fully saturated rings. The van der Waals surface area contributed by atoms with Crippen molar-refractivity contribution in [2.24, 2.45) is 0 Å². The lowest BCUT2D eigenvalue weighted by Gasteiger charge is -2.36. The van der Waals surface area contributed by atoms with E-state index in [0.717, 1.165) is 13.1 Å². The Hall–Kier alpha value is -1.14. The summed E-state index contributed by atoms with van der Waals surface area (Å²) in [5, 5.41) is 3.20. The van der Waals surface area contributed by atoms with E-state index in [1.165, 1.54) is 7.11 Å². The molecule has 1 amide bonds. The molecule has 1 atom stereocenters. The van der Waals surface area contributed by atoms with Gasteiger partial charge in [0.05, 0.1) is 13.5 Å². The van der Waals surface area contributed by atoms with Gasteiger partial charge in [0.15, 0.2) is 0 Å². The average molecular weight is 243 g/mol. The molecule has 0 aromatic carbocycles. The van der Waals surface area contributed by atoms with Gasteiger partial charge >= 0.3 is 5.97 Å². The molecule has 1 unspecified atom stereocenters. The molecule has 0 saturated carbocycles. The van der Waals surface area contributed by atoms with Crippen molar-refractivity contribution >= 4 is 11.9 Å². The van der Waals surface area contributed by atoms with Gasteiger partial charge < -0.3 is 15.0 Å². The summed E-state index contributed by atoms with van der Waals surface area (Å²) in [5.41, 5.74) is 0. The zero-order valence-electron chi connectivity index (χ0n) is 10.7. The van der Waals surface area contributed by atoms with E-state index < -0.39 is 0 Å². The van der Waals surface area contributed by atoms with Crippen LogP contribution in [0.25, 0.3) is 0 Å². The molecule has 17 heavy (non-hydrogen) atoms. The second-order valence-corrected chi connectivity index (χ2v) is 4.31. The molecular formula is C11H21N3O3. The second-order valence-electron chi connectivity index (χ2n) is 4.31. The van der Waals surface area contributed by atoms with Crippen LogP contribution in [-0.4, -0.2) is 75.1 Å². The van der Waals surface area contributed by atoms with E-state index in [9.17, 15) is 9.59 Å². The fourth-order valence-corrected chi connectivity index (χ4v) is 1.89. The van der Waals surface area contributed by atoms with Gasteiger partial charge in [-0.25, -0.2) is 0 Å². The fourth-order valence-electron chi connectivity index (χ4n) is 1.89. The first kappa shape index (κ1) is 13.9. The number of amides is 1. The lowest BCUT2D eigenvalue weighted by atomic mass is 10.1. The number of hydrogen-bond donors (Lipinski definition) is 1. The minimum absolute atomic E-state index is 0.0714. The Bertz CT molecular complexity index is 281. The van der Waals surface area contributed by atoms with Crippen molar-refractivity contribution in [1.82, 2.24) is 15.1 Å². The van der Waals surface area contributed by atoms with Gasteiger partial charge in [0.1, 0.15) is 6.04 Å². The van der Waals surface area contributed by atoms with Gasteiger partial charge in [0, 0.05) is 40.3 Å². The van der Waals surface area contributed by atoms with E-state index in [4.69, 9.17) is 0 Å². The number of nitrogens with zero attached hydrogens (tertiary/aromatic N) is 2. The first-order valence-corrected chi connectivity index (χ1v) is 5.79. The molecule has 1 rings (SSSR count). The number of carbonyl (C=O) groups excluding carboxylic acids is 2. The smallest absolute Gasteiger partial charge is 0.306 e. The molecule has 1 heterocycles. The molecule has 0 bridgehead atoms. The Kier molecular flexibility index (Phi) is 5.37. The van der Waals surface area contributed by atoms with Crippen LogP contribution in [0.1, 0.15) is 6.42 Å². The van der Waals surface area contributed by atoms with Crippen LogP contribution in [0, 0.1) is 0 Å². The molecule has 0 aromatic heterocycles. The molecule has 0 aliphatic carbocycles. The predicted octanol–water partition coefficient (Wildman–Crippen LogP) is -1.09. The maximum Gasteiger partial charge on any atom is 0.306 e.